The van der Waals surface area contributed by atoms with Crippen molar-refractivity contribution in [3.63, 3.8) is 0 Å². The number of rotatable bonds is 64. The first-order valence-electron chi connectivity index (χ1n) is 39.0. The van der Waals surface area contributed by atoms with Crippen molar-refractivity contribution in [2.45, 2.75) is 389 Å². The maximum Gasteiger partial charge on any atom is 0.220 e. The molecule has 0 spiro atoms. The van der Waals surface area contributed by atoms with Crippen LogP contribution in [-0.4, -0.2) is 140 Å². The molecule has 0 aromatic heterocycles. The van der Waals surface area contributed by atoms with E-state index in [-0.39, 0.29) is 18.9 Å². The molecule has 0 aliphatic carbocycles. The van der Waals surface area contributed by atoms with Crippen molar-refractivity contribution in [3.8, 4) is 0 Å². The molecule has 2 aliphatic heterocycles. The SMILES string of the molecule is CC/C=C\C/C=C\C/C=C\C/C=C\C/C=C\C/C=C\CCCCCCCCCCCCCCCCCCCCCCCCC(=O)NC(COC1OC(CO)C(OC2OC(CO)C(O)C(O)C2O)C(O)C1O)C(O)/C=C/CC/C=C/CCCCCCCCCCCCCCCC. The number of allylic oxidation sites excluding steroid dienone is 15. The molecular weight excluding hydrogens is 1190 g/mol. The quantitative estimate of drug-likeness (QED) is 0.0204. The van der Waals surface area contributed by atoms with E-state index in [0.29, 0.717) is 12.8 Å². The van der Waals surface area contributed by atoms with Crippen LogP contribution in [0.3, 0.4) is 0 Å². The van der Waals surface area contributed by atoms with Gasteiger partial charge >= 0.3 is 0 Å². The molecule has 2 aliphatic rings. The number of hydrogen-bond donors (Lipinski definition) is 9. The fraction of sp³-hybridized carbons (Fsp3) is 0.790. The van der Waals surface area contributed by atoms with E-state index in [2.05, 4.69) is 104 Å². The number of amides is 1. The van der Waals surface area contributed by atoms with Crippen LogP contribution in [0.5, 0.6) is 0 Å². The average Bonchev–Trinajstić information content (AvgIpc) is 0.897. The Balaban J connectivity index is 1.58. The number of ether oxygens (including phenoxy) is 4. The Morgan fingerprint density at radius 1 is 0.389 bits per heavy atom. The Kier molecular flexibility index (Phi) is 59.6. The average molecular weight is 1340 g/mol. The highest BCUT2D eigenvalue weighted by molar-refractivity contribution is 5.76. The molecule has 550 valence electrons. The second-order valence-corrected chi connectivity index (χ2v) is 27.1. The van der Waals surface area contributed by atoms with E-state index in [4.69, 9.17) is 18.9 Å². The van der Waals surface area contributed by atoms with Crippen LogP contribution < -0.4 is 5.32 Å². The minimum atomic E-state index is -1.79. The molecule has 0 aromatic rings. The van der Waals surface area contributed by atoms with Crippen molar-refractivity contribution < 1.29 is 64.6 Å². The van der Waals surface area contributed by atoms with Crippen LogP contribution in [0, 0.1) is 0 Å². The van der Waals surface area contributed by atoms with Gasteiger partial charge in [0.15, 0.2) is 12.6 Å². The summed E-state index contributed by atoms with van der Waals surface area (Å²) in [5, 5.41) is 87.5. The summed E-state index contributed by atoms with van der Waals surface area (Å²) in [4.78, 5) is 13.4. The summed E-state index contributed by atoms with van der Waals surface area (Å²) in [5.41, 5.74) is 0. The maximum atomic E-state index is 13.4. The van der Waals surface area contributed by atoms with Gasteiger partial charge in [0.25, 0.3) is 0 Å². The summed E-state index contributed by atoms with van der Waals surface area (Å²) >= 11 is 0. The largest absolute Gasteiger partial charge is 0.394 e. The minimum Gasteiger partial charge on any atom is -0.394 e. The van der Waals surface area contributed by atoms with Crippen molar-refractivity contribution in [2.75, 3.05) is 19.8 Å². The van der Waals surface area contributed by atoms with E-state index >= 15 is 0 Å². The smallest absolute Gasteiger partial charge is 0.220 e. The molecule has 2 heterocycles. The third kappa shape index (κ3) is 47.6. The summed E-state index contributed by atoms with van der Waals surface area (Å²) in [6.07, 6.45) is 74.9. The lowest BCUT2D eigenvalue weighted by atomic mass is 9.97. The molecule has 1 amide bonds. The number of nitrogens with one attached hydrogen (secondary N) is 1. The number of aliphatic hydroxyl groups is 8. The number of unbranched alkanes of at least 4 members (excludes halogenated alkanes) is 37. The monoisotopic (exact) mass is 1340 g/mol. The highest BCUT2D eigenvalue weighted by Gasteiger charge is 2.51. The van der Waals surface area contributed by atoms with Gasteiger partial charge in [-0.3, -0.25) is 4.79 Å². The normalized spacial score (nSPS) is 22.9. The van der Waals surface area contributed by atoms with Gasteiger partial charge in [0.2, 0.25) is 5.91 Å². The third-order valence-corrected chi connectivity index (χ3v) is 18.5. The van der Waals surface area contributed by atoms with Crippen molar-refractivity contribution in [1.82, 2.24) is 5.32 Å². The molecule has 2 fully saturated rings. The Bertz CT molecular complexity index is 1970. The van der Waals surface area contributed by atoms with E-state index < -0.39 is 86.8 Å². The summed E-state index contributed by atoms with van der Waals surface area (Å²) in [6, 6.07) is -0.935. The van der Waals surface area contributed by atoms with Gasteiger partial charge in [-0.15, -0.1) is 0 Å². The molecule has 2 rings (SSSR count). The number of hydrogen-bond acceptors (Lipinski definition) is 13. The number of carbonyl (C=O) groups excluding carboxylic acids is 1. The van der Waals surface area contributed by atoms with Gasteiger partial charge in [-0.25, -0.2) is 0 Å². The zero-order valence-corrected chi connectivity index (χ0v) is 60.1. The molecule has 14 heteroatoms. The van der Waals surface area contributed by atoms with Crippen LogP contribution in [-0.2, 0) is 23.7 Å². The van der Waals surface area contributed by atoms with Crippen molar-refractivity contribution in [1.29, 1.82) is 0 Å². The standard InChI is InChI=1S/C81H143NO13/c1-3-5-7-9-11-13-15-17-19-21-23-25-26-27-28-29-30-31-32-33-34-35-36-37-38-39-40-41-42-43-44-45-47-49-51-53-55-57-59-61-63-65-73(86)82-69(70(85)64-62-60-58-56-54-52-50-48-46-24-22-20-18-16-14-12-10-8-6-4-2)68-92-80-78(91)76(89)79(72(67-84)94-80)95-81-77(90)75(88)74(87)71(66-83)93-81/h5,7,11,13,17,19,23,25,27-28,30-31,54,56,62,64,69-72,74-81,83-85,87-91H,3-4,6,8-10,12,14-16,18,20-22,24,26,29,32-53,55,57-61,63,65-68H2,1-2H3,(H,82,86)/b7-5-,13-11-,19-17-,25-23-,28-27-,31-30-,56-54+,64-62+. The van der Waals surface area contributed by atoms with E-state index in [0.717, 1.165) is 70.6 Å². The predicted octanol–water partition coefficient (Wildman–Crippen LogP) is 17.3. The van der Waals surface area contributed by atoms with E-state index in [1.54, 1.807) is 6.08 Å². The molecule has 14 nitrogen and oxygen atoms in total. The van der Waals surface area contributed by atoms with Crippen LogP contribution in [0.4, 0.5) is 0 Å². The van der Waals surface area contributed by atoms with E-state index in [1.165, 1.54) is 212 Å². The lowest BCUT2D eigenvalue weighted by molar-refractivity contribution is -0.359. The highest BCUT2D eigenvalue weighted by atomic mass is 16.7. The second kappa shape index (κ2) is 64.3. The van der Waals surface area contributed by atoms with Crippen LogP contribution in [0.1, 0.15) is 316 Å². The maximum absolute atomic E-state index is 13.4. The molecule has 9 N–H and O–H groups in total. The zero-order valence-electron chi connectivity index (χ0n) is 60.1. The molecule has 0 bridgehead atoms. The molecule has 0 aromatic carbocycles. The van der Waals surface area contributed by atoms with Gasteiger partial charge in [0, 0.05) is 6.42 Å². The van der Waals surface area contributed by atoms with Crippen molar-refractivity contribution in [3.05, 3.63) is 97.2 Å². The first kappa shape index (κ1) is 88.0. The van der Waals surface area contributed by atoms with Crippen molar-refractivity contribution in [2.24, 2.45) is 0 Å². The van der Waals surface area contributed by atoms with Gasteiger partial charge in [0.1, 0.15) is 48.8 Å². The number of aliphatic hydroxyl groups excluding tert-OH is 8. The summed E-state index contributed by atoms with van der Waals surface area (Å²) in [6.45, 7) is 2.70. The summed E-state index contributed by atoms with van der Waals surface area (Å²) < 4.78 is 22.9. The first-order valence-corrected chi connectivity index (χ1v) is 39.0. The molecule has 12 atom stereocenters. The van der Waals surface area contributed by atoms with Crippen LogP contribution in [0.15, 0.2) is 97.2 Å². The Hall–Kier alpha value is -3.09. The van der Waals surface area contributed by atoms with Gasteiger partial charge < -0.3 is 65.1 Å². The third-order valence-electron chi connectivity index (χ3n) is 18.5. The van der Waals surface area contributed by atoms with E-state index in [9.17, 15) is 45.6 Å². The van der Waals surface area contributed by atoms with Crippen LogP contribution in [0.25, 0.3) is 0 Å². The fourth-order valence-electron chi connectivity index (χ4n) is 12.4. The zero-order chi connectivity index (χ0) is 68.7. The highest BCUT2D eigenvalue weighted by Crippen LogP contribution is 2.30. The van der Waals surface area contributed by atoms with Crippen LogP contribution >= 0.6 is 0 Å². The van der Waals surface area contributed by atoms with Crippen LogP contribution in [0.2, 0.25) is 0 Å². The molecule has 0 saturated carbocycles. The van der Waals surface area contributed by atoms with Crippen molar-refractivity contribution >= 4 is 5.91 Å². The molecule has 95 heavy (non-hydrogen) atoms. The Morgan fingerprint density at radius 2 is 0.737 bits per heavy atom. The number of carbonyl (C=O) groups is 1. The van der Waals surface area contributed by atoms with Gasteiger partial charge in [-0.2, -0.15) is 0 Å². The summed E-state index contributed by atoms with van der Waals surface area (Å²) in [7, 11) is 0. The minimum absolute atomic E-state index is 0.246. The fourth-order valence-corrected chi connectivity index (χ4v) is 12.4. The van der Waals surface area contributed by atoms with Gasteiger partial charge in [-0.05, 0) is 83.5 Å². The van der Waals surface area contributed by atoms with E-state index in [1.807, 2.05) is 6.08 Å². The van der Waals surface area contributed by atoms with Gasteiger partial charge in [0.05, 0.1) is 32.0 Å². The topological polar surface area (TPSA) is 228 Å². The Morgan fingerprint density at radius 3 is 1.16 bits per heavy atom. The lowest BCUT2D eigenvalue weighted by Crippen LogP contribution is -2.65. The second-order valence-electron chi connectivity index (χ2n) is 27.1. The first-order chi connectivity index (χ1) is 46.6. The summed E-state index contributed by atoms with van der Waals surface area (Å²) in [5.74, 6) is -0.246. The molecular formula is C81H143NO13. The molecule has 2 saturated heterocycles. The molecule has 12 unspecified atom stereocenters. The lowest BCUT2D eigenvalue weighted by Gasteiger charge is -2.46. The Labute approximate surface area is 579 Å². The molecule has 0 radical (unpaired) electrons. The predicted molar refractivity (Wildman–Crippen MR) is 392 cm³/mol. The van der Waals surface area contributed by atoms with Gasteiger partial charge in [-0.1, -0.05) is 323 Å².